The van der Waals surface area contributed by atoms with Crippen molar-refractivity contribution in [1.82, 2.24) is 10.6 Å². The van der Waals surface area contributed by atoms with Crippen LogP contribution in [0.4, 0.5) is 0 Å². The van der Waals surface area contributed by atoms with Crippen molar-refractivity contribution >= 4 is 5.91 Å². The van der Waals surface area contributed by atoms with Gasteiger partial charge in [0, 0.05) is 18.2 Å². The summed E-state index contributed by atoms with van der Waals surface area (Å²) in [7, 11) is 0. The number of hydrogen-bond acceptors (Lipinski definition) is 4. The van der Waals surface area contributed by atoms with E-state index in [1.807, 2.05) is 25.1 Å². The summed E-state index contributed by atoms with van der Waals surface area (Å²) in [5.74, 6) is 1.41. The Morgan fingerprint density at radius 2 is 2.14 bits per heavy atom. The number of fused-ring (bicyclic) bond motifs is 1. The molecule has 116 valence electrons. The van der Waals surface area contributed by atoms with E-state index in [9.17, 15) is 4.79 Å². The van der Waals surface area contributed by atoms with Crippen molar-refractivity contribution < 1.29 is 14.3 Å². The van der Waals surface area contributed by atoms with Crippen LogP contribution in [0.25, 0.3) is 0 Å². The average molecular weight is 292 g/mol. The minimum absolute atomic E-state index is 0.0380. The molecule has 0 aromatic heterocycles. The molecule has 1 aliphatic rings. The average Bonchev–Trinajstić information content (AvgIpc) is 2.91. The first-order chi connectivity index (χ1) is 10.2. The fourth-order valence-electron chi connectivity index (χ4n) is 2.23. The lowest BCUT2D eigenvalue weighted by atomic mass is 10.1. The Hall–Kier alpha value is -1.75. The minimum atomic E-state index is -0.0965. The van der Waals surface area contributed by atoms with Gasteiger partial charge in [0.15, 0.2) is 6.61 Å². The fourth-order valence-corrected chi connectivity index (χ4v) is 2.23. The van der Waals surface area contributed by atoms with E-state index in [2.05, 4.69) is 17.6 Å². The van der Waals surface area contributed by atoms with Gasteiger partial charge in [-0.2, -0.15) is 0 Å². The van der Waals surface area contributed by atoms with Crippen molar-refractivity contribution in [2.45, 2.75) is 32.7 Å². The Kier molecular flexibility index (Phi) is 5.87. The molecule has 5 heteroatoms. The molecule has 1 heterocycles. The highest BCUT2D eigenvalue weighted by molar-refractivity contribution is 5.77. The smallest absolute Gasteiger partial charge is 0.257 e. The van der Waals surface area contributed by atoms with E-state index in [-0.39, 0.29) is 18.6 Å². The Morgan fingerprint density at radius 1 is 1.33 bits per heavy atom. The SMILES string of the molecule is CCCNC(=O)COc1ccc2c(c1)OCC2NCCC. The Balaban J connectivity index is 1.88. The van der Waals surface area contributed by atoms with E-state index >= 15 is 0 Å². The maximum atomic E-state index is 11.5. The zero-order valence-corrected chi connectivity index (χ0v) is 12.8. The monoisotopic (exact) mass is 292 g/mol. The van der Waals surface area contributed by atoms with Crippen LogP contribution in [-0.2, 0) is 4.79 Å². The second-order valence-electron chi connectivity index (χ2n) is 5.16. The van der Waals surface area contributed by atoms with Crippen LogP contribution in [0.5, 0.6) is 11.5 Å². The van der Waals surface area contributed by atoms with Gasteiger partial charge >= 0.3 is 0 Å². The highest BCUT2D eigenvalue weighted by atomic mass is 16.5. The summed E-state index contributed by atoms with van der Waals surface area (Å²) in [5.41, 5.74) is 1.16. The van der Waals surface area contributed by atoms with E-state index in [4.69, 9.17) is 9.47 Å². The molecule has 5 nitrogen and oxygen atoms in total. The molecule has 2 rings (SSSR count). The van der Waals surface area contributed by atoms with Crippen LogP contribution >= 0.6 is 0 Å². The van der Waals surface area contributed by atoms with Gasteiger partial charge in [0.2, 0.25) is 0 Å². The van der Waals surface area contributed by atoms with Gasteiger partial charge in [-0.25, -0.2) is 0 Å². The van der Waals surface area contributed by atoms with Crippen LogP contribution in [-0.4, -0.2) is 32.2 Å². The largest absolute Gasteiger partial charge is 0.491 e. The minimum Gasteiger partial charge on any atom is -0.491 e. The molecule has 1 unspecified atom stereocenters. The summed E-state index contributed by atoms with van der Waals surface area (Å²) < 4.78 is 11.2. The molecule has 0 spiro atoms. The number of ether oxygens (including phenoxy) is 2. The van der Waals surface area contributed by atoms with Gasteiger partial charge in [-0.1, -0.05) is 13.8 Å². The summed E-state index contributed by atoms with van der Waals surface area (Å²) in [6.45, 7) is 6.50. The summed E-state index contributed by atoms with van der Waals surface area (Å²) in [5, 5.41) is 6.23. The molecular formula is C16H24N2O3. The molecule has 0 radical (unpaired) electrons. The first kappa shape index (κ1) is 15.6. The van der Waals surface area contributed by atoms with E-state index in [1.54, 1.807) is 0 Å². The fraction of sp³-hybridized carbons (Fsp3) is 0.562. The van der Waals surface area contributed by atoms with E-state index in [0.29, 0.717) is 18.9 Å². The molecule has 0 aliphatic carbocycles. The van der Waals surface area contributed by atoms with Gasteiger partial charge in [-0.15, -0.1) is 0 Å². The third-order valence-corrected chi connectivity index (χ3v) is 3.35. The number of carbonyl (C=O) groups is 1. The van der Waals surface area contributed by atoms with Crippen LogP contribution in [0.3, 0.4) is 0 Å². The second kappa shape index (κ2) is 7.88. The van der Waals surface area contributed by atoms with Crippen molar-refractivity contribution in [3.8, 4) is 11.5 Å². The first-order valence-electron chi connectivity index (χ1n) is 7.64. The zero-order valence-electron chi connectivity index (χ0n) is 12.8. The van der Waals surface area contributed by atoms with Crippen LogP contribution in [0.15, 0.2) is 18.2 Å². The summed E-state index contributed by atoms with van der Waals surface area (Å²) in [6, 6.07) is 6.01. The summed E-state index contributed by atoms with van der Waals surface area (Å²) in [6.07, 6.45) is 2.02. The van der Waals surface area contributed by atoms with E-state index in [0.717, 1.165) is 30.7 Å². The molecule has 1 aromatic rings. The van der Waals surface area contributed by atoms with E-state index in [1.165, 1.54) is 0 Å². The van der Waals surface area contributed by atoms with Crippen LogP contribution in [0.1, 0.15) is 38.3 Å². The van der Waals surface area contributed by atoms with Crippen molar-refractivity contribution in [2.24, 2.45) is 0 Å². The Bertz CT molecular complexity index is 477. The first-order valence-corrected chi connectivity index (χ1v) is 7.64. The van der Waals surface area contributed by atoms with E-state index < -0.39 is 0 Å². The molecule has 0 saturated carbocycles. The molecular weight excluding hydrogens is 268 g/mol. The number of hydrogen-bond donors (Lipinski definition) is 2. The second-order valence-corrected chi connectivity index (χ2v) is 5.16. The summed E-state index contributed by atoms with van der Waals surface area (Å²) in [4.78, 5) is 11.5. The maximum absolute atomic E-state index is 11.5. The molecule has 2 N–H and O–H groups in total. The maximum Gasteiger partial charge on any atom is 0.257 e. The van der Waals surface area contributed by atoms with Gasteiger partial charge in [-0.05, 0) is 31.5 Å². The van der Waals surface area contributed by atoms with Crippen molar-refractivity contribution in [3.63, 3.8) is 0 Å². The topological polar surface area (TPSA) is 59.6 Å². The Morgan fingerprint density at radius 3 is 2.90 bits per heavy atom. The number of nitrogens with one attached hydrogen (secondary N) is 2. The molecule has 0 fully saturated rings. The van der Waals surface area contributed by atoms with Crippen LogP contribution < -0.4 is 20.1 Å². The molecule has 1 aliphatic heterocycles. The molecule has 1 amide bonds. The third-order valence-electron chi connectivity index (χ3n) is 3.35. The quantitative estimate of drug-likeness (QED) is 0.769. The number of benzene rings is 1. The lowest BCUT2D eigenvalue weighted by Crippen LogP contribution is -2.29. The Labute approximate surface area is 126 Å². The highest BCUT2D eigenvalue weighted by Crippen LogP contribution is 2.35. The molecule has 1 aromatic carbocycles. The molecule has 1 atom stereocenters. The van der Waals surface area contributed by atoms with Crippen molar-refractivity contribution in [1.29, 1.82) is 0 Å². The molecule has 0 bridgehead atoms. The number of amides is 1. The highest BCUT2D eigenvalue weighted by Gasteiger charge is 2.23. The predicted molar refractivity (Wildman–Crippen MR) is 81.8 cm³/mol. The normalized spacial score (nSPS) is 16.2. The lowest BCUT2D eigenvalue weighted by molar-refractivity contribution is -0.123. The van der Waals surface area contributed by atoms with Gasteiger partial charge in [-0.3, -0.25) is 4.79 Å². The van der Waals surface area contributed by atoms with Crippen LogP contribution in [0.2, 0.25) is 0 Å². The zero-order chi connectivity index (χ0) is 15.1. The number of rotatable bonds is 8. The van der Waals surface area contributed by atoms with Crippen molar-refractivity contribution in [3.05, 3.63) is 23.8 Å². The summed E-state index contributed by atoms with van der Waals surface area (Å²) >= 11 is 0. The van der Waals surface area contributed by atoms with Gasteiger partial charge in [0.05, 0.1) is 6.04 Å². The third kappa shape index (κ3) is 4.36. The van der Waals surface area contributed by atoms with Gasteiger partial charge < -0.3 is 20.1 Å². The van der Waals surface area contributed by atoms with Gasteiger partial charge in [0.25, 0.3) is 5.91 Å². The lowest BCUT2D eigenvalue weighted by Gasteiger charge is -2.11. The number of carbonyl (C=O) groups excluding carboxylic acids is 1. The van der Waals surface area contributed by atoms with Crippen LogP contribution in [0, 0.1) is 0 Å². The van der Waals surface area contributed by atoms with Gasteiger partial charge in [0.1, 0.15) is 18.1 Å². The molecule has 0 saturated heterocycles. The van der Waals surface area contributed by atoms with Crippen molar-refractivity contribution in [2.75, 3.05) is 26.3 Å². The predicted octanol–water partition coefficient (Wildman–Crippen LogP) is 2.02. The standard InChI is InChI=1S/C16H24N2O3/c1-3-7-17-14-10-21-15-9-12(5-6-13(14)15)20-11-16(19)18-8-4-2/h5-6,9,14,17H,3-4,7-8,10-11H2,1-2H3,(H,18,19). The molecule has 21 heavy (non-hydrogen) atoms.